The van der Waals surface area contributed by atoms with Gasteiger partial charge < -0.3 is 5.73 Å². The van der Waals surface area contributed by atoms with Crippen LogP contribution in [0.4, 0.5) is 5.82 Å². The first-order valence-electron chi connectivity index (χ1n) is 5.77. The first kappa shape index (κ1) is 12.7. The van der Waals surface area contributed by atoms with E-state index >= 15 is 0 Å². The third-order valence-electron chi connectivity index (χ3n) is 2.46. The van der Waals surface area contributed by atoms with Crippen molar-refractivity contribution < 1.29 is 0 Å². The minimum atomic E-state index is -0.153. The van der Waals surface area contributed by atoms with Gasteiger partial charge >= 0.3 is 5.69 Å². The van der Waals surface area contributed by atoms with Crippen LogP contribution in [0, 0.1) is 0 Å². The maximum atomic E-state index is 11.3. The molecule has 0 saturated carbocycles. The lowest BCUT2D eigenvalue weighted by Gasteiger charge is -2.02. The van der Waals surface area contributed by atoms with E-state index in [0.29, 0.717) is 12.4 Å². The number of nitrogens with zero attached hydrogens (tertiary/aromatic N) is 4. The molecule has 2 aromatic heterocycles. The van der Waals surface area contributed by atoms with Crippen LogP contribution < -0.4 is 11.4 Å². The zero-order valence-electron chi connectivity index (χ0n) is 10.2. The summed E-state index contributed by atoms with van der Waals surface area (Å²) in [6, 6.07) is 1.77. The van der Waals surface area contributed by atoms with Crippen LogP contribution in [0.1, 0.15) is 13.3 Å². The van der Waals surface area contributed by atoms with Crippen LogP contribution in [-0.2, 0) is 13.1 Å². The second-order valence-electron chi connectivity index (χ2n) is 3.76. The van der Waals surface area contributed by atoms with E-state index in [4.69, 9.17) is 5.73 Å². The quantitative estimate of drug-likeness (QED) is 0.589. The van der Waals surface area contributed by atoms with Gasteiger partial charge in [-0.2, -0.15) is 5.10 Å². The van der Waals surface area contributed by atoms with Gasteiger partial charge in [-0.15, -0.1) is 5.10 Å². The first-order valence-corrected chi connectivity index (χ1v) is 6.76. The summed E-state index contributed by atoms with van der Waals surface area (Å²) in [6.45, 7) is 3.37. The Morgan fingerprint density at radius 1 is 1.56 bits per heavy atom. The van der Waals surface area contributed by atoms with Crippen molar-refractivity contribution in [3.8, 4) is 0 Å². The standard InChI is InChI=1S/C10H16N6OS/c1-2-16-9(17)12-13-10(16)18-7-3-5-15-6-4-8(11)14-15/h4,6H,2-3,5,7H2,1H3,(H2,11,14)(H,12,17). The Labute approximate surface area is 108 Å². The molecular formula is C10H16N6OS. The minimum absolute atomic E-state index is 0.153. The fraction of sp³-hybridized carbons (Fsp3) is 0.500. The van der Waals surface area contributed by atoms with E-state index < -0.39 is 0 Å². The smallest absolute Gasteiger partial charge is 0.343 e. The molecule has 0 radical (unpaired) electrons. The SMILES string of the molecule is CCn1c(SCCCn2ccc(N)n2)n[nH]c1=O. The van der Waals surface area contributed by atoms with Crippen LogP contribution in [-0.4, -0.2) is 30.3 Å². The molecule has 8 heteroatoms. The number of aromatic amines is 1. The molecule has 0 bridgehead atoms. The zero-order valence-corrected chi connectivity index (χ0v) is 11.0. The topological polar surface area (TPSA) is 94.5 Å². The lowest BCUT2D eigenvalue weighted by molar-refractivity contribution is 0.607. The number of thioether (sulfide) groups is 1. The van der Waals surface area contributed by atoms with Crippen molar-refractivity contribution in [3.05, 3.63) is 22.7 Å². The van der Waals surface area contributed by atoms with E-state index in [1.54, 1.807) is 22.4 Å². The average molecular weight is 268 g/mol. The van der Waals surface area contributed by atoms with Gasteiger partial charge in [0.25, 0.3) is 0 Å². The molecule has 0 atom stereocenters. The molecule has 7 nitrogen and oxygen atoms in total. The van der Waals surface area contributed by atoms with E-state index in [9.17, 15) is 4.79 Å². The minimum Gasteiger partial charge on any atom is -0.382 e. The predicted molar refractivity (Wildman–Crippen MR) is 70.5 cm³/mol. The number of rotatable bonds is 6. The summed E-state index contributed by atoms with van der Waals surface area (Å²) < 4.78 is 3.43. The maximum absolute atomic E-state index is 11.3. The monoisotopic (exact) mass is 268 g/mol. The van der Waals surface area contributed by atoms with E-state index in [0.717, 1.165) is 23.9 Å². The van der Waals surface area contributed by atoms with E-state index in [-0.39, 0.29) is 5.69 Å². The van der Waals surface area contributed by atoms with Crippen LogP contribution in [0.15, 0.2) is 22.2 Å². The van der Waals surface area contributed by atoms with Crippen molar-refractivity contribution >= 4 is 17.6 Å². The lowest BCUT2D eigenvalue weighted by Crippen LogP contribution is -2.16. The largest absolute Gasteiger partial charge is 0.382 e. The molecule has 18 heavy (non-hydrogen) atoms. The first-order chi connectivity index (χ1) is 8.70. The molecule has 0 unspecified atom stereocenters. The number of nitrogens with one attached hydrogen (secondary N) is 1. The van der Waals surface area contributed by atoms with Crippen LogP contribution in [0.25, 0.3) is 0 Å². The summed E-state index contributed by atoms with van der Waals surface area (Å²) in [5.41, 5.74) is 5.37. The fourth-order valence-corrected chi connectivity index (χ4v) is 2.52. The molecule has 0 aliphatic rings. The highest BCUT2D eigenvalue weighted by molar-refractivity contribution is 7.99. The van der Waals surface area contributed by atoms with Crippen molar-refractivity contribution in [2.75, 3.05) is 11.5 Å². The van der Waals surface area contributed by atoms with Gasteiger partial charge in [-0.25, -0.2) is 9.89 Å². The highest BCUT2D eigenvalue weighted by atomic mass is 32.2. The Morgan fingerprint density at radius 2 is 2.39 bits per heavy atom. The Balaban J connectivity index is 1.80. The zero-order chi connectivity index (χ0) is 13.0. The highest BCUT2D eigenvalue weighted by Crippen LogP contribution is 2.14. The average Bonchev–Trinajstić information content (AvgIpc) is 2.91. The van der Waals surface area contributed by atoms with Crippen molar-refractivity contribution in [3.63, 3.8) is 0 Å². The lowest BCUT2D eigenvalue weighted by atomic mass is 10.5. The van der Waals surface area contributed by atoms with Crippen LogP contribution in [0.3, 0.4) is 0 Å². The van der Waals surface area contributed by atoms with Gasteiger partial charge in [0, 0.05) is 25.0 Å². The fourth-order valence-electron chi connectivity index (χ4n) is 1.58. The molecule has 3 N–H and O–H groups in total. The Morgan fingerprint density at radius 3 is 3.06 bits per heavy atom. The van der Waals surface area contributed by atoms with Gasteiger partial charge in [0.05, 0.1) is 0 Å². The van der Waals surface area contributed by atoms with Gasteiger partial charge in [0.2, 0.25) is 0 Å². The Kier molecular flexibility index (Phi) is 4.08. The molecule has 0 aromatic carbocycles. The molecule has 2 heterocycles. The van der Waals surface area contributed by atoms with Crippen molar-refractivity contribution in [1.29, 1.82) is 0 Å². The molecule has 0 spiro atoms. The maximum Gasteiger partial charge on any atom is 0.343 e. The third kappa shape index (κ3) is 2.95. The number of aryl methyl sites for hydroxylation is 1. The van der Waals surface area contributed by atoms with Gasteiger partial charge in [0.1, 0.15) is 5.82 Å². The van der Waals surface area contributed by atoms with Crippen LogP contribution in [0.2, 0.25) is 0 Å². The van der Waals surface area contributed by atoms with E-state index in [1.807, 2.05) is 17.8 Å². The number of nitrogen functional groups attached to an aromatic ring is 1. The van der Waals surface area contributed by atoms with Crippen molar-refractivity contribution in [1.82, 2.24) is 24.5 Å². The summed E-state index contributed by atoms with van der Waals surface area (Å²) >= 11 is 1.57. The summed E-state index contributed by atoms with van der Waals surface area (Å²) in [5, 5.41) is 11.3. The van der Waals surface area contributed by atoms with Crippen molar-refractivity contribution in [2.45, 2.75) is 31.6 Å². The molecule has 2 aromatic rings. The summed E-state index contributed by atoms with van der Waals surface area (Å²) in [7, 11) is 0. The summed E-state index contributed by atoms with van der Waals surface area (Å²) in [5.74, 6) is 1.42. The molecule has 0 saturated heterocycles. The molecule has 2 rings (SSSR count). The predicted octanol–water partition coefficient (Wildman–Crippen LogP) is 0.552. The summed E-state index contributed by atoms with van der Waals surface area (Å²) in [4.78, 5) is 11.3. The van der Waals surface area contributed by atoms with Gasteiger partial charge in [0.15, 0.2) is 5.16 Å². The molecule has 0 aliphatic heterocycles. The number of H-pyrrole nitrogens is 1. The van der Waals surface area contributed by atoms with Gasteiger partial charge in [-0.05, 0) is 19.4 Å². The number of aromatic nitrogens is 5. The van der Waals surface area contributed by atoms with E-state index in [2.05, 4.69) is 15.3 Å². The number of hydrogen-bond acceptors (Lipinski definition) is 5. The molecular weight excluding hydrogens is 252 g/mol. The number of nitrogens with two attached hydrogens (primary N) is 1. The Hall–Kier alpha value is -1.70. The third-order valence-corrected chi connectivity index (χ3v) is 3.53. The Bertz CT molecular complexity index is 557. The van der Waals surface area contributed by atoms with Crippen LogP contribution >= 0.6 is 11.8 Å². The molecule has 0 fully saturated rings. The van der Waals surface area contributed by atoms with Crippen LogP contribution in [0.5, 0.6) is 0 Å². The molecule has 0 aliphatic carbocycles. The van der Waals surface area contributed by atoms with Gasteiger partial charge in [-0.3, -0.25) is 9.25 Å². The normalized spacial score (nSPS) is 10.9. The van der Waals surface area contributed by atoms with Crippen molar-refractivity contribution in [2.24, 2.45) is 0 Å². The second-order valence-corrected chi connectivity index (χ2v) is 4.82. The molecule has 98 valence electrons. The number of hydrogen-bond donors (Lipinski definition) is 2. The number of anilines is 1. The van der Waals surface area contributed by atoms with E-state index in [1.165, 1.54) is 0 Å². The second kappa shape index (κ2) is 5.76. The summed E-state index contributed by atoms with van der Waals surface area (Å²) in [6.07, 6.45) is 2.80. The van der Waals surface area contributed by atoms with Gasteiger partial charge in [-0.1, -0.05) is 11.8 Å². The molecule has 0 amide bonds. The highest BCUT2D eigenvalue weighted by Gasteiger charge is 2.06.